The molecular weight excluding hydrogens is 196 g/mol. The Labute approximate surface area is 97.8 Å². The number of hydrogen-bond acceptors (Lipinski definition) is 1. The van der Waals surface area contributed by atoms with Gasteiger partial charge in [-0.15, -0.1) is 0 Å². The molecule has 2 N–H and O–H groups in total. The molecule has 1 aromatic rings. The van der Waals surface area contributed by atoms with Gasteiger partial charge in [-0.25, -0.2) is 0 Å². The van der Waals surface area contributed by atoms with Gasteiger partial charge in [0.25, 0.3) is 0 Å². The highest BCUT2D eigenvalue weighted by Gasteiger charge is 2.38. The van der Waals surface area contributed by atoms with Gasteiger partial charge in [0.15, 0.2) is 0 Å². The molecule has 1 saturated carbocycles. The summed E-state index contributed by atoms with van der Waals surface area (Å²) in [4.78, 5) is 0. The molecule has 1 aromatic heterocycles. The van der Waals surface area contributed by atoms with Gasteiger partial charge in [-0.05, 0) is 56.6 Å². The van der Waals surface area contributed by atoms with Crippen LogP contribution in [-0.2, 0) is 12.0 Å². The molecule has 3 rings (SSSR count). The summed E-state index contributed by atoms with van der Waals surface area (Å²) >= 11 is 0. The van der Waals surface area contributed by atoms with Crippen molar-refractivity contribution in [3.05, 3.63) is 23.5 Å². The molecule has 0 aliphatic heterocycles. The second kappa shape index (κ2) is 3.63. The second-order valence-electron chi connectivity index (χ2n) is 5.52. The van der Waals surface area contributed by atoms with Crippen LogP contribution >= 0.6 is 0 Å². The highest BCUT2D eigenvalue weighted by Crippen LogP contribution is 2.45. The third-order valence-corrected chi connectivity index (χ3v) is 4.81. The Morgan fingerprint density at radius 1 is 1.44 bits per heavy atom. The summed E-state index contributed by atoms with van der Waals surface area (Å²) in [5, 5.41) is 0. The zero-order chi connectivity index (χ0) is 11.2. The third kappa shape index (κ3) is 1.29. The SMILES string of the molecule is CCC1(n2ccc3c2CCCC3N)CCC1. The standard InChI is InChI=1S/C14H22N2/c1-2-14(8-4-9-14)16-10-7-11-12(15)5-3-6-13(11)16/h7,10,12H,2-6,8-9,15H2,1H3. The first-order chi connectivity index (χ1) is 7.77. The van der Waals surface area contributed by atoms with E-state index in [-0.39, 0.29) is 0 Å². The van der Waals surface area contributed by atoms with Crippen LogP contribution in [0.5, 0.6) is 0 Å². The quantitative estimate of drug-likeness (QED) is 0.812. The van der Waals surface area contributed by atoms with Gasteiger partial charge in [-0.1, -0.05) is 6.92 Å². The fourth-order valence-electron chi connectivity index (χ4n) is 3.52. The molecule has 2 nitrogen and oxygen atoms in total. The zero-order valence-corrected chi connectivity index (χ0v) is 10.2. The van der Waals surface area contributed by atoms with Crippen LogP contribution in [0.15, 0.2) is 12.3 Å². The summed E-state index contributed by atoms with van der Waals surface area (Å²) in [7, 11) is 0. The van der Waals surface area contributed by atoms with Crippen molar-refractivity contribution >= 4 is 0 Å². The van der Waals surface area contributed by atoms with Gasteiger partial charge in [0.05, 0.1) is 0 Å². The van der Waals surface area contributed by atoms with Gasteiger partial charge in [0.1, 0.15) is 0 Å². The smallest absolute Gasteiger partial charge is 0.0440 e. The predicted molar refractivity (Wildman–Crippen MR) is 66.4 cm³/mol. The summed E-state index contributed by atoms with van der Waals surface area (Å²) in [6.07, 6.45) is 11.3. The summed E-state index contributed by atoms with van der Waals surface area (Å²) in [6.45, 7) is 2.33. The van der Waals surface area contributed by atoms with E-state index >= 15 is 0 Å². The van der Waals surface area contributed by atoms with Crippen LogP contribution in [0.25, 0.3) is 0 Å². The van der Waals surface area contributed by atoms with E-state index < -0.39 is 0 Å². The molecule has 1 heterocycles. The summed E-state index contributed by atoms with van der Waals surface area (Å²) in [5.74, 6) is 0. The molecule has 16 heavy (non-hydrogen) atoms. The molecule has 2 aliphatic carbocycles. The van der Waals surface area contributed by atoms with Gasteiger partial charge < -0.3 is 10.3 Å². The molecule has 1 fully saturated rings. The fourth-order valence-corrected chi connectivity index (χ4v) is 3.52. The average Bonchev–Trinajstić information content (AvgIpc) is 2.64. The van der Waals surface area contributed by atoms with Crippen molar-refractivity contribution < 1.29 is 0 Å². The lowest BCUT2D eigenvalue weighted by molar-refractivity contribution is 0.131. The van der Waals surface area contributed by atoms with E-state index in [0.29, 0.717) is 11.6 Å². The number of fused-ring (bicyclic) bond motifs is 1. The number of nitrogens with zero attached hydrogens (tertiary/aromatic N) is 1. The molecule has 0 bridgehead atoms. The molecule has 0 spiro atoms. The van der Waals surface area contributed by atoms with Crippen molar-refractivity contribution in [2.24, 2.45) is 5.73 Å². The second-order valence-corrected chi connectivity index (χ2v) is 5.52. The van der Waals surface area contributed by atoms with E-state index in [1.807, 2.05) is 0 Å². The zero-order valence-electron chi connectivity index (χ0n) is 10.2. The van der Waals surface area contributed by atoms with E-state index in [1.54, 1.807) is 5.69 Å². The number of rotatable bonds is 2. The minimum absolute atomic E-state index is 0.291. The van der Waals surface area contributed by atoms with Crippen LogP contribution in [0.2, 0.25) is 0 Å². The molecule has 2 aliphatic rings. The normalized spacial score (nSPS) is 27.2. The third-order valence-electron chi connectivity index (χ3n) is 4.81. The van der Waals surface area contributed by atoms with Gasteiger partial charge in [-0.3, -0.25) is 0 Å². The summed E-state index contributed by atoms with van der Waals surface area (Å²) in [6, 6.07) is 2.56. The van der Waals surface area contributed by atoms with E-state index in [9.17, 15) is 0 Å². The van der Waals surface area contributed by atoms with Crippen LogP contribution < -0.4 is 5.73 Å². The molecule has 0 aromatic carbocycles. The van der Waals surface area contributed by atoms with Crippen LogP contribution in [0.3, 0.4) is 0 Å². The van der Waals surface area contributed by atoms with E-state index in [2.05, 4.69) is 23.8 Å². The predicted octanol–water partition coefficient (Wildman–Crippen LogP) is 3.11. The Morgan fingerprint density at radius 2 is 2.25 bits per heavy atom. The average molecular weight is 218 g/mol. The van der Waals surface area contributed by atoms with Crippen LogP contribution in [-0.4, -0.2) is 4.57 Å². The maximum atomic E-state index is 6.19. The molecule has 0 amide bonds. The van der Waals surface area contributed by atoms with Crippen molar-refractivity contribution in [3.8, 4) is 0 Å². The van der Waals surface area contributed by atoms with Gasteiger partial charge >= 0.3 is 0 Å². The Bertz CT molecular complexity index is 382. The molecule has 0 saturated heterocycles. The first kappa shape index (κ1) is 10.4. The van der Waals surface area contributed by atoms with E-state index in [1.165, 1.54) is 44.1 Å². The first-order valence-electron chi connectivity index (χ1n) is 6.73. The monoisotopic (exact) mass is 218 g/mol. The van der Waals surface area contributed by atoms with E-state index in [4.69, 9.17) is 5.73 Å². The van der Waals surface area contributed by atoms with Crippen LogP contribution in [0, 0.1) is 0 Å². The minimum Gasteiger partial charge on any atom is -0.345 e. The number of nitrogens with two attached hydrogens (primary N) is 1. The highest BCUT2D eigenvalue weighted by molar-refractivity contribution is 5.30. The number of hydrogen-bond donors (Lipinski definition) is 1. The highest BCUT2D eigenvalue weighted by atomic mass is 15.1. The Hall–Kier alpha value is -0.760. The molecule has 88 valence electrons. The van der Waals surface area contributed by atoms with Crippen molar-refractivity contribution in [2.45, 2.75) is 63.5 Å². The van der Waals surface area contributed by atoms with Gasteiger partial charge in [0.2, 0.25) is 0 Å². The van der Waals surface area contributed by atoms with E-state index in [0.717, 1.165) is 6.42 Å². The molecule has 1 atom stereocenters. The largest absolute Gasteiger partial charge is 0.345 e. The van der Waals surface area contributed by atoms with Crippen LogP contribution in [0.4, 0.5) is 0 Å². The maximum absolute atomic E-state index is 6.19. The summed E-state index contributed by atoms with van der Waals surface area (Å²) in [5.41, 5.74) is 9.60. The molecule has 0 radical (unpaired) electrons. The minimum atomic E-state index is 0.291. The number of aromatic nitrogens is 1. The summed E-state index contributed by atoms with van der Waals surface area (Å²) < 4.78 is 2.57. The lowest BCUT2D eigenvalue weighted by atomic mass is 9.74. The lowest BCUT2D eigenvalue weighted by Gasteiger charge is -2.44. The molecule has 2 heteroatoms. The van der Waals surface area contributed by atoms with Crippen molar-refractivity contribution in [1.82, 2.24) is 4.57 Å². The van der Waals surface area contributed by atoms with Gasteiger partial charge in [-0.2, -0.15) is 0 Å². The van der Waals surface area contributed by atoms with Crippen molar-refractivity contribution in [3.63, 3.8) is 0 Å². The fraction of sp³-hybridized carbons (Fsp3) is 0.714. The van der Waals surface area contributed by atoms with Crippen molar-refractivity contribution in [2.75, 3.05) is 0 Å². The molecular formula is C14H22N2. The first-order valence-corrected chi connectivity index (χ1v) is 6.73. The Morgan fingerprint density at radius 3 is 2.88 bits per heavy atom. The van der Waals surface area contributed by atoms with Crippen molar-refractivity contribution in [1.29, 1.82) is 0 Å². The Kier molecular flexibility index (Phi) is 2.36. The molecule has 1 unspecified atom stereocenters. The van der Waals surface area contributed by atoms with Crippen LogP contribution in [0.1, 0.15) is 62.7 Å². The maximum Gasteiger partial charge on any atom is 0.0440 e. The Balaban J connectivity index is 2.02. The van der Waals surface area contributed by atoms with Gasteiger partial charge in [0, 0.05) is 23.5 Å². The lowest BCUT2D eigenvalue weighted by Crippen LogP contribution is -2.41. The topological polar surface area (TPSA) is 30.9 Å².